The SMILES string of the molecule is CC(Cc1ncc(C(F)(F)F)cc1Cl)NC(=O)c1sccc1I. The van der Waals surface area contributed by atoms with Crippen molar-refractivity contribution >= 4 is 51.4 Å². The Morgan fingerprint density at radius 1 is 1.52 bits per heavy atom. The van der Waals surface area contributed by atoms with Crippen molar-refractivity contribution in [2.24, 2.45) is 0 Å². The lowest BCUT2D eigenvalue weighted by molar-refractivity contribution is -0.137. The van der Waals surface area contributed by atoms with Crippen LogP contribution in [-0.2, 0) is 12.6 Å². The van der Waals surface area contributed by atoms with E-state index in [-0.39, 0.29) is 23.4 Å². The third-order valence-electron chi connectivity index (χ3n) is 2.95. The fraction of sp³-hybridized carbons (Fsp3) is 0.286. The molecule has 2 aromatic heterocycles. The van der Waals surface area contributed by atoms with Crippen molar-refractivity contribution in [2.75, 3.05) is 0 Å². The number of carbonyl (C=O) groups excluding carboxylic acids is 1. The van der Waals surface area contributed by atoms with E-state index in [1.165, 1.54) is 11.3 Å². The largest absolute Gasteiger partial charge is 0.417 e. The van der Waals surface area contributed by atoms with E-state index < -0.39 is 11.7 Å². The molecule has 9 heteroatoms. The standard InChI is InChI=1S/C14H11ClF3IN2OS/c1-7(21-13(22)12-10(19)2-3-23-12)4-11-9(15)5-8(6-20-11)14(16,17)18/h2-3,5-7H,4H2,1H3,(H,21,22). The number of hydrogen-bond donors (Lipinski definition) is 1. The Bertz CT molecular complexity index is 720. The van der Waals surface area contributed by atoms with Gasteiger partial charge >= 0.3 is 6.18 Å². The van der Waals surface area contributed by atoms with Gasteiger partial charge in [0.05, 0.1) is 16.3 Å². The van der Waals surface area contributed by atoms with Gasteiger partial charge in [-0.25, -0.2) is 0 Å². The highest BCUT2D eigenvalue weighted by Crippen LogP contribution is 2.31. The summed E-state index contributed by atoms with van der Waals surface area (Å²) in [6, 6.07) is 2.36. The molecule has 1 atom stereocenters. The normalized spacial score (nSPS) is 13.0. The van der Waals surface area contributed by atoms with Crippen LogP contribution in [0.4, 0.5) is 13.2 Å². The minimum absolute atomic E-state index is 0.0633. The average Bonchev–Trinajstić information content (AvgIpc) is 2.86. The molecule has 0 aliphatic carbocycles. The van der Waals surface area contributed by atoms with Gasteiger partial charge in [0, 0.05) is 22.2 Å². The topological polar surface area (TPSA) is 42.0 Å². The molecule has 2 rings (SSSR count). The van der Waals surface area contributed by atoms with E-state index in [0.29, 0.717) is 10.6 Å². The summed E-state index contributed by atoms with van der Waals surface area (Å²) in [5.41, 5.74) is -0.579. The van der Waals surface area contributed by atoms with Crippen LogP contribution in [0.25, 0.3) is 0 Å². The molecule has 2 heterocycles. The van der Waals surface area contributed by atoms with Crippen LogP contribution < -0.4 is 5.32 Å². The monoisotopic (exact) mass is 474 g/mol. The Morgan fingerprint density at radius 2 is 2.22 bits per heavy atom. The molecule has 0 aromatic carbocycles. The minimum Gasteiger partial charge on any atom is -0.348 e. The summed E-state index contributed by atoms with van der Waals surface area (Å²) in [5.74, 6) is -0.222. The van der Waals surface area contributed by atoms with Crippen LogP contribution in [0.2, 0.25) is 5.02 Å². The predicted octanol–water partition coefficient (Wildman–Crippen LogP) is 4.78. The first kappa shape index (κ1) is 18.5. The van der Waals surface area contributed by atoms with Crippen LogP contribution in [0, 0.1) is 3.57 Å². The van der Waals surface area contributed by atoms with E-state index in [9.17, 15) is 18.0 Å². The molecule has 0 aliphatic rings. The van der Waals surface area contributed by atoms with Crippen molar-refractivity contribution in [3.8, 4) is 0 Å². The summed E-state index contributed by atoms with van der Waals surface area (Å²) in [4.78, 5) is 16.5. The van der Waals surface area contributed by atoms with Gasteiger partial charge in [0.2, 0.25) is 0 Å². The van der Waals surface area contributed by atoms with Gasteiger partial charge in [-0.15, -0.1) is 11.3 Å². The van der Waals surface area contributed by atoms with Crippen LogP contribution in [0.1, 0.15) is 27.9 Å². The van der Waals surface area contributed by atoms with Gasteiger partial charge in [-0.1, -0.05) is 11.6 Å². The molecule has 1 unspecified atom stereocenters. The van der Waals surface area contributed by atoms with Crippen LogP contribution in [-0.4, -0.2) is 16.9 Å². The van der Waals surface area contributed by atoms with Crippen molar-refractivity contribution in [3.63, 3.8) is 0 Å². The lowest BCUT2D eigenvalue weighted by Crippen LogP contribution is -2.34. The quantitative estimate of drug-likeness (QED) is 0.648. The molecular formula is C14H11ClF3IN2OS. The Balaban J connectivity index is 2.04. The lowest BCUT2D eigenvalue weighted by atomic mass is 10.1. The maximum atomic E-state index is 12.6. The fourth-order valence-corrected chi connectivity index (χ4v) is 3.84. The number of amides is 1. The molecule has 0 fully saturated rings. The van der Waals surface area contributed by atoms with E-state index in [0.717, 1.165) is 15.8 Å². The summed E-state index contributed by atoms with van der Waals surface area (Å²) >= 11 is 9.26. The minimum atomic E-state index is -4.48. The van der Waals surface area contributed by atoms with Crippen molar-refractivity contribution in [2.45, 2.75) is 25.6 Å². The van der Waals surface area contributed by atoms with Crippen molar-refractivity contribution in [1.29, 1.82) is 0 Å². The number of thiophene rings is 1. The number of hydrogen-bond acceptors (Lipinski definition) is 3. The number of nitrogens with one attached hydrogen (secondary N) is 1. The molecule has 0 bridgehead atoms. The number of aromatic nitrogens is 1. The Labute approximate surface area is 153 Å². The maximum Gasteiger partial charge on any atom is 0.417 e. The number of carbonyl (C=O) groups is 1. The zero-order valence-electron chi connectivity index (χ0n) is 11.7. The van der Waals surface area contributed by atoms with Gasteiger partial charge < -0.3 is 5.32 Å². The molecule has 124 valence electrons. The van der Waals surface area contributed by atoms with E-state index in [1.54, 1.807) is 6.92 Å². The van der Waals surface area contributed by atoms with Gasteiger partial charge in [0.1, 0.15) is 4.88 Å². The third kappa shape index (κ3) is 4.80. The summed E-state index contributed by atoms with van der Waals surface area (Å²) in [7, 11) is 0. The van der Waals surface area contributed by atoms with E-state index in [2.05, 4.69) is 32.9 Å². The fourth-order valence-electron chi connectivity index (χ4n) is 1.86. The molecule has 1 N–H and O–H groups in total. The first-order valence-electron chi connectivity index (χ1n) is 6.44. The zero-order chi connectivity index (χ0) is 17.2. The van der Waals surface area contributed by atoms with Gasteiger partial charge in [-0.2, -0.15) is 13.2 Å². The Kier molecular flexibility index (Phi) is 5.90. The summed E-state index contributed by atoms with van der Waals surface area (Å²) in [6.07, 6.45) is -3.49. The van der Waals surface area contributed by atoms with Gasteiger partial charge in [-0.05, 0) is 47.0 Å². The number of rotatable bonds is 4. The van der Waals surface area contributed by atoms with Crippen LogP contribution >= 0.6 is 45.5 Å². The first-order valence-corrected chi connectivity index (χ1v) is 8.77. The maximum absolute atomic E-state index is 12.6. The molecule has 0 saturated heterocycles. The molecule has 0 saturated carbocycles. The molecule has 0 aliphatic heterocycles. The highest BCUT2D eigenvalue weighted by molar-refractivity contribution is 14.1. The number of nitrogens with zero attached hydrogens (tertiary/aromatic N) is 1. The van der Waals surface area contributed by atoms with Crippen LogP contribution in [0.5, 0.6) is 0 Å². The number of halogens is 5. The zero-order valence-corrected chi connectivity index (χ0v) is 15.5. The van der Waals surface area contributed by atoms with Gasteiger partial charge in [-0.3, -0.25) is 9.78 Å². The van der Waals surface area contributed by atoms with Crippen molar-refractivity contribution < 1.29 is 18.0 Å². The van der Waals surface area contributed by atoms with Crippen molar-refractivity contribution in [1.82, 2.24) is 10.3 Å². The third-order valence-corrected chi connectivity index (χ3v) is 5.45. The van der Waals surface area contributed by atoms with E-state index >= 15 is 0 Å². The second-order valence-corrected chi connectivity index (χ2v) is 7.31. The van der Waals surface area contributed by atoms with Crippen LogP contribution in [0.3, 0.4) is 0 Å². The van der Waals surface area contributed by atoms with Crippen molar-refractivity contribution in [3.05, 3.63) is 48.4 Å². The summed E-state index contributed by atoms with van der Waals surface area (Å²) < 4.78 is 38.6. The first-order chi connectivity index (χ1) is 10.7. The smallest absolute Gasteiger partial charge is 0.348 e. The summed E-state index contributed by atoms with van der Waals surface area (Å²) in [5, 5.41) is 4.54. The Hall–Kier alpha value is -0.870. The highest BCUT2D eigenvalue weighted by Gasteiger charge is 2.31. The number of alkyl halides is 3. The number of pyridine rings is 1. The van der Waals surface area contributed by atoms with Gasteiger partial charge in [0.25, 0.3) is 5.91 Å². The van der Waals surface area contributed by atoms with Gasteiger partial charge in [0.15, 0.2) is 0 Å². The lowest BCUT2D eigenvalue weighted by Gasteiger charge is -2.15. The van der Waals surface area contributed by atoms with Crippen LogP contribution in [0.15, 0.2) is 23.7 Å². The molecular weight excluding hydrogens is 464 g/mol. The van der Waals surface area contributed by atoms with E-state index in [4.69, 9.17) is 11.6 Å². The molecule has 23 heavy (non-hydrogen) atoms. The average molecular weight is 475 g/mol. The van der Waals surface area contributed by atoms with E-state index in [1.807, 2.05) is 11.4 Å². The predicted molar refractivity (Wildman–Crippen MR) is 91.9 cm³/mol. The molecule has 0 radical (unpaired) electrons. The highest BCUT2D eigenvalue weighted by atomic mass is 127. The Morgan fingerprint density at radius 3 is 2.74 bits per heavy atom. The molecule has 3 nitrogen and oxygen atoms in total. The molecule has 1 amide bonds. The molecule has 2 aromatic rings. The molecule has 0 spiro atoms. The summed E-state index contributed by atoms with van der Waals surface area (Å²) in [6.45, 7) is 1.74. The second-order valence-electron chi connectivity index (χ2n) is 4.83. The second kappa shape index (κ2) is 7.35.